The van der Waals surface area contributed by atoms with Crippen LogP contribution in [0.15, 0.2) is 0 Å². The number of nitrogens with one attached hydrogen (secondary N) is 1. The lowest BCUT2D eigenvalue weighted by molar-refractivity contribution is 0.118. The van der Waals surface area contributed by atoms with Crippen molar-refractivity contribution in [2.45, 2.75) is 33.1 Å². The fraction of sp³-hybridized carbons (Fsp3) is 1.00. The van der Waals surface area contributed by atoms with E-state index >= 15 is 0 Å². The highest BCUT2D eigenvalue weighted by molar-refractivity contribution is 4.74. The molecule has 0 spiro atoms. The predicted molar refractivity (Wildman–Crippen MR) is 52.8 cm³/mol. The minimum atomic E-state index is 0.913. The van der Waals surface area contributed by atoms with Gasteiger partial charge < -0.3 is 0 Å². The Kier molecular flexibility index (Phi) is 4.02. The van der Waals surface area contributed by atoms with E-state index in [9.17, 15) is 0 Å². The van der Waals surface area contributed by atoms with E-state index in [4.69, 9.17) is 0 Å². The molecule has 0 saturated carbocycles. The van der Waals surface area contributed by atoms with Gasteiger partial charge in [0.1, 0.15) is 0 Å². The maximum atomic E-state index is 3.41. The van der Waals surface area contributed by atoms with Gasteiger partial charge in [-0.1, -0.05) is 26.7 Å². The lowest BCUT2D eigenvalue weighted by Crippen LogP contribution is -2.46. The Labute approximate surface area is 76.3 Å². The zero-order valence-electron chi connectivity index (χ0n) is 8.64. The summed E-state index contributed by atoms with van der Waals surface area (Å²) < 4.78 is 0. The Morgan fingerprint density at radius 1 is 1.42 bits per heavy atom. The van der Waals surface area contributed by atoms with Gasteiger partial charge in [0.25, 0.3) is 0 Å². The molecule has 0 aromatic carbocycles. The van der Waals surface area contributed by atoms with Gasteiger partial charge in [-0.2, -0.15) is 0 Å². The normalized spacial score (nSPS) is 26.5. The highest BCUT2D eigenvalue weighted by Gasteiger charge is 2.22. The van der Waals surface area contributed by atoms with Crippen molar-refractivity contribution in [3.05, 3.63) is 0 Å². The number of nitrogens with zero attached hydrogens (tertiary/aromatic N) is 1. The first-order chi connectivity index (χ1) is 5.77. The Hall–Kier alpha value is -0.0800. The SMILES string of the molecule is CCC(CC)[C@H]1CCN(C)NC1. The molecule has 72 valence electrons. The van der Waals surface area contributed by atoms with Gasteiger partial charge in [-0.15, -0.1) is 0 Å². The van der Waals surface area contributed by atoms with Gasteiger partial charge in [0.2, 0.25) is 0 Å². The molecule has 2 nitrogen and oxygen atoms in total. The molecule has 0 radical (unpaired) electrons. The van der Waals surface area contributed by atoms with E-state index in [1.807, 2.05) is 0 Å². The van der Waals surface area contributed by atoms with Gasteiger partial charge in [0.15, 0.2) is 0 Å². The van der Waals surface area contributed by atoms with E-state index in [1.165, 1.54) is 32.4 Å². The van der Waals surface area contributed by atoms with Crippen LogP contribution < -0.4 is 5.43 Å². The molecule has 1 aliphatic heterocycles. The van der Waals surface area contributed by atoms with Crippen LogP contribution >= 0.6 is 0 Å². The lowest BCUT2D eigenvalue weighted by atomic mass is 9.85. The minimum absolute atomic E-state index is 0.913. The van der Waals surface area contributed by atoms with Crippen molar-refractivity contribution in [3.8, 4) is 0 Å². The van der Waals surface area contributed by atoms with Crippen molar-refractivity contribution >= 4 is 0 Å². The van der Waals surface area contributed by atoms with Crippen LogP contribution in [0.3, 0.4) is 0 Å². The summed E-state index contributed by atoms with van der Waals surface area (Å²) in [6.07, 6.45) is 4.05. The molecule has 2 heteroatoms. The standard InChI is InChI=1S/C10H22N2/c1-4-9(5-2)10-6-7-12(3)11-8-10/h9-11H,4-8H2,1-3H3/t10-/m0/s1. The average Bonchev–Trinajstić information content (AvgIpc) is 2.10. The van der Waals surface area contributed by atoms with Gasteiger partial charge in [-0.05, 0) is 18.3 Å². The van der Waals surface area contributed by atoms with Crippen molar-refractivity contribution in [1.82, 2.24) is 10.4 Å². The molecule has 0 amide bonds. The summed E-state index contributed by atoms with van der Waals surface area (Å²) >= 11 is 0. The summed E-state index contributed by atoms with van der Waals surface area (Å²) in [7, 11) is 2.13. The largest absolute Gasteiger partial charge is 0.255 e. The molecule has 1 aliphatic rings. The van der Waals surface area contributed by atoms with Crippen LogP contribution in [0.25, 0.3) is 0 Å². The molecule has 1 N–H and O–H groups in total. The van der Waals surface area contributed by atoms with Gasteiger partial charge in [0, 0.05) is 20.1 Å². The van der Waals surface area contributed by atoms with Crippen molar-refractivity contribution in [1.29, 1.82) is 0 Å². The van der Waals surface area contributed by atoms with Crippen molar-refractivity contribution in [3.63, 3.8) is 0 Å². The zero-order valence-corrected chi connectivity index (χ0v) is 8.64. The lowest BCUT2D eigenvalue weighted by Gasteiger charge is -2.34. The fourth-order valence-electron chi connectivity index (χ4n) is 2.17. The van der Waals surface area contributed by atoms with Crippen molar-refractivity contribution < 1.29 is 0 Å². The number of rotatable bonds is 3. The summed E-state index contributed by atoms with van der Waals surface area (Å²) in [5.74, 6) is 1.85. The van der Waals surface area contributed by atoms with E-state index in [-0.39, 0.29) is 0 Å². The molecule has 1 fully saturated rings. The van der Waals surface area contributed by atoms with Crippen LogP contribution in [0.4, 0.5) is 0 Å². The van der Waals surface area contributed by atoms with Gasteiger partial charge in [0.05, 0.1) is 0 Å². The average molecular weight is 170 g/mol. The third kappa shape index (κ3) is 2.46. The summed E-state index contributed by atoms with van der Waals surface area (Å²) in [4.78, 5) is 0. The summed E-state index contributed by atoms with van der Waals surface area (Å²) in [5.41, 5.74) is 3.41. The highest BCUT2D eigenvalue weighted by atomic mass is 15.5. The smallest absolute Gasteiger partial charge is 0.0133 e. The molecule has 0 bridgehead atoms. The molecule has 0 unspecified atom stereocenters. The topological polar surface area (TPSA) is 15.3 Å². The van der Waals surface area contributed by atoms with Crippen LogP contribution in [-0.4, -0.2) is 25.1 Å². The predicted octanol–water partition coefficient (Wildman–Crippen LogP) is 1.88. The molecular weight excluding hydrogens is 148 g/mol. The quantitative estimate of drug-likeness (QED) is 0.695. The van der Waals surface area contributed by atoms with E-state index in [1.54, 1.807) is 0 Å². The second-order valence-electron chi connectivity index (χ2n) is 3.91. The van der Waals surface area contributed by atoms with E-state index in [0.29, 0.717) is 0 Å². The Morgan fingerprint density at radius 3 is 2.50 bits per heavy atom. The highest BCUT2D eigenvalue weighted by Crippen LogP contribution is 2.24. The molecule has 1 heterocycles. The monoisotopic (exact) mass is 170 g/mol. The summed E-state index contributed by atoms with van der Waals surface area (Å²) in [6, 6.07) is 0. The zero-order chi connectivity index (χ0) is 8.97. The number of hydrogen-bond donors (Lipinski definition) is 1. The molecule has 0 aromatic rings. The first-order valence-corrected chi connectivity index (χ1v) is 5.22. The molecule has 1 atom stereocenters. The van der Waals surface area contributed by atoms with Gasteiger partial charge in [-0.3, -0.25) is 5.43 Å². The molecule has 1 saturated heterocycles. The first-order valence-electron chi connectivity index (χ1n) is 5.22. The third-order valence-corrected chi connectivity index (χ3v) is 3.17. The summed E-state index contributed by atoms with van der Waals surface area (Å²) in [6.45, 7) is 7.02. The van der Waals surface area contributed by atoms with Crippen LogP contribution in [0, 0.1) is 11.8 Å². The Bertz CT molecular complexity index is 113. The molecule has 0 aromatic heterocycles. The maximum absolute atomic E-state index is 3.41. The molecule has 1 rings (SSSR count). The fourth-order valence-corrected chi connectivity index (χ4v) is 2.17. The van der Waals surface area contributed by atoms with Crippen molar-refractivity contribution in [2.24, 2.45) is 11.8 Å². The molecule has 0 aliphatic carbocycles. The van der Waals surface area contributed by atoms with Gasteiger partial charge >= 0.3 is 0 Å². The van der Waals surface area contributed by atoms with Crippen LogP contribution in [-0.2, 0) is 0 Å². The maximum Gasteiger partial charge on any atom is 0.0133 e. The third-order valence-electron chi connectivity index (χ3n) is 3.17. The summed E-state index contributed by atoms with van der Waals surface area (Å²) in [5, 5.41) is 2.21. The van der Waals surface area contributed by atoms with E-state index in [0.717, 1.165) is 11.8 Å². The molecular formula is C10H22N2. The van der Waals surface area contributed by atoms with E-state index < -0.39 is 0 Å². The number of hydrazine groups is 1. The molecule has 12 heavy (non-hydrogen) atoms. The minimum Gasteiger partial charge on any atom is -0.255 e. The number of hydrogen-bond acceptors (Lipinski definition) is 2. The Morgan fingerprint density at radius 2 is 2.08 bits per heavy atom. The van der Waals surface area contributed by atoms with Crippen LogP contribution in [0.2, 0.25) is 0 Å². The van der Waals surface area contributed by atoms with Crippen molar-refractivity contribution in [2.75, 3.05) is 20.1 Å². The van der Waals surface area contributed by atoms with Gasteiger partial charge in [-0.25, -0.2) is 5.01 Å². The van der Waals surface area contributed by atoms with Crippen LogP contribution in [0.5, 0.6) is 0 Å². The second kappa shape index (κ2) is 4.83. The second-order valence-corrected chi connectivity index (χ2v) is 3.91. The van der Waals surface area contributed by atoms with Crippen LogP contribution in [0.1, 0.15) is 33.1 Å². The van der Waals surface area contributed by atoms with E-state index in [2.05, 4.69) is 31.3 Å². The Balaban J connectivity index is 2.32. The first kappa shape index (κ1) is 10.0.